The van der Waals surface area contributed by atoms with Gasteiger partial charge in [0.2, 0.25) is 0 Å². The third-order valence-corrected chi connectivity index (χ3v) is 4.23. The monoisotopic (exact) mass is 353 g/mol. The second-order valence-corrected chi connectivity index (χ2v) is 6.02. The van der Waals surface area contributed by atoms with Crippen LogP contribution in [0, 0.1) is 0 Å². The molecule has 4 heteroatoms. The molecule has 0 bridgehead atoms. The van der Waals surface area contributed by atoms with Gasteiger partial charge in [0, 0.05) is 17.3 Å². The van der Waals surface area contributed by atoms with E-state index in [0.717, 1.165) is 28.4 Å². The van der Waals surface area contributed by atoms with Crippen molar-refractivity contribution in [1.82, 2.24) is 0 Å². The van der Waals surface area contributed by atoms with Crippen LogP contribution in [-0.4, -0.2) is 14.2 Å². The van der Waals surface area contributed by atoms with E-state index in [9.17, 15) is 0 Å². The van der Waals surface area contributed by atoms with Gasteiger partial charge in [-0.25, -0.2) is 0 Å². The van der Waals surface area contributed by atoms with E-state index in [-0.39, 0.29) is 0 Å². The molecule has 25 heavy (non-hydrogen) atoms. The van der Waals surface area contributed by atoms with Gasteiger partial charge < -0.3 is 14.4 Å². The summed E-state index contributed by atoms with van der Waals surface area (Å²) in [6.45, 7) is 0.685. The van der Waals surface area contributed by atoms with Crippen molar-refractivity contribution >= 4 is 23.0 Å². The first-order chi connectivity index (χ1) is 12.2. The Labute approximate surface area is 153 Å². The lowest BCUT2D eigenvalue weighted by Gasteiger charge is -2.27. The molecule has 3 aromatic rings. The molecule has 0 amide bonds. The number of anilines is 2. The third-order valence-electron chi connectivity index (χ3n) is 4.00. The van der Waals surface area contributed by atoms with Crippen LogP contribution in [0.3, 0.4) is 0 Å². The predicted octanol–water partition coefficient (Wildman–Crippen LogP) is 5.70. The maximum atomic E-state index is 6.22. The minimum atomic E-state index is 0.685. The average Bonchev–Trinajstić information content (AvgIpc) is 2.66. The fraction of sp³-hybridized carbons (Fsp3) is 0.143. The number of ether oxygens (including phenoxy) is 2. The van der Waals surface area contributed by atoms with Gasteiger partial charge in [-0.1, -0.05) is 41.9 Å². The Morgan fingerprint density at radius 3 is 2.28 bits per heavy atom. The second-order valence-electron chi connectivity index (χ2n) is 5.59. The van der Waals surface area contributed by atoms with Gasteiger partial charge in [0.1, 0.15) is 11.5 Å². The second kappa shape index (κ2) is 7.95. The summed E-state index contributed by atoms with van der Waals surface area (Å²) < 4.78 is 10.8. The van der Waals surface area contributed by atoms with Crippen molar-refractivity contribution in [3.63, 3.8) is 0 Å². The fourth-order valence-corrected chi connectivity index (χ4v) is 2.91. The van der Waals surface area contributed by atoms with Crippen LogP contribution in [0.5, 0.6) is 11.5 Å². The zero-order chi connectivity index (χ0) is 17.6. The zero-order valence-electron chi connectivity index (χ0n) is 14.3. The summed E-state index contributed by atoms with van der Waals surface area (Å²) >= 11 is 6.22. The lowest BCUT2D eigenvalue weighted by molar-refractivity contribution is 0.414. The smallest absolute Gasteiger partial charge is 0.142 e. The van der Waals surface area contributed by atoms with Gasteiger partial charge in [-0.2, -0.15) is 0 Å². The van der Waals surface area contributed by atoms with Crippen LogP contribution in [0.15, 0.2) is 72.8 Å². The summed E-state index contributed by atoms with van der Waals surface area (Å²) in [6, 6.07) is 23.9. The summed E-state index contributed by atoms with van der Waals surface area (Å²) in [5.41, 5.74) is 3.16. The topological polar surface area (TPSA) is 21.7 Å². The largest absolute Gasteiger partial charge is 0.497 e. The highest BCUT2D eigenvalue weighted by atomic mass is 35.5. The van der Waals surface area contributed by atoms with Gasteiger partial charge in [-0.3, -0.25) is 0 Å². The number of hydrogen-bond acceptors (Lipinski definition) is 3. The third kappa shape index (κ3) is 4.06. The number of rotatable bonds is 6. The van der Waals surface area contributed by atoms with E-state index in [1.54, 1.807) is 14.2 Å². The van der Waals surface area contributed by atoms with Crippen molar-refractivity contribution in [2.24, 2.45) is 0 Å². The number of halogens is 1. The lowest BCUT2D eigenvalue weighted by Crippen LogP contribution is -2.17. The Morgan fingerprint density at radius 1 is 0.840 bits per heavy atom. The highest BCUT2D eigenvalue weighted by Gasteiger charge is 2.15. The highest BCUT2D eigenvalue weighted by Crippen LogP contribution is 2.35. The molecular formula is C21H20ClNO2. The molecule has 0 spiro atoms. The first kappa shape index (κ1) is 17.2. The van der Waals surface area contributed by atoms with Crippen LogP contribution >= 0.6 is 11.6 Å². The Kier molecular flexibility index (Phi) is 5.46. The van der Waals surface area contributed by atoms with Gasteiger partial charge >= 0.3 is 0 Å². The van der Waals surface area contributed by atoms with Crippen LogP contribution in [0.25, 0.3) is 0 Å². The van der Waals surface area contributed by atoms with E-state index in [1.807, 2.05) is 60.7 Å². The summed E-state index contributed by atoms with van der Waals surface area (Å²) in [6.07, 6.45) is 0. The standard InChI is InChI=1S/C21H20ClNO2/c1-24-19-12-10-16(11-13-19)15-23(18-7-5-6-17(22)14-18)20-8-3-4-9-21(20)25-2/h3-14H,15H2,1-2H3. The number of para-hydroxylation sites is 2. The summed E-state index contributed by atoms with van der Waals surface area (Å²) in [5, 5.41) is 0.701. The van der Waals surface area contributed by atoms with Gasteiger partial charge in [0.05, 0.1) is 19.9 Å². The number of nitrogens with zero attached hydrogens (tertiary/aromatic N) is 1. The maximum Gasteiger partial charge on any atom is 0.142 e. The summed E-state index contributed by atoms with van der Waals surface area (Å²) in [4.78, 5) is 2.19. The van der Waals surface area contributed by atoms with Crippen LogP contribution < -0.4 is 14.4 Å². The molecule has 0 unspecified atom stereocenters. The van der Waals surface area contributed by atoms with E-state index in [4.69, 9.17) is 21.1 Å². The molecule has 0 N–H and O–H groups in total. The molecule has 0 aliphatic carbocycles. The molecule has 0 aromatic heterocycles. The van der Waals surface area contributed by atoms with E-state index in [1.165, 1.54) is 0 Å². The van der Waals surface area contributed by atoms with E-state index in [0.29, 0.717) is 11.6 Å². The minimum Gasteiger partial charge on any atom is -0.497 e. The van der Waals surface area contributed by atoms with Crippen LogP contribution in [0.4, 0.5) is 11.4 Å². The fourth-order valence-electron chi connectivity index (χ4n) is 2.73. The van der Waals surface area contributed by atoms with Gasteiger partial charge in [0.25, 0.3) is 0 Å². The highest BCUT2D eigenvalue weighted by molar-refractivity contribution is 6.30. The SMILES string of the molecule is COc1ccc(CN(c2cccc(Cl)c2)c2ccccc2OC)cc1. The lowest BCUT2D eigenvalue weighted by atomic mass is 10.1. The van der Waals surface area contributed by atoms with E-state index < -0.39 is 0 Å². The quantitative estimate of drug-likeness (QED) is 0.567. The summed E-state index contributed by atoms with van der Waals surface area (Å²) in [5.74, 6) is 1.66. The Balaban J connectivity index is 2.02. The molecule has 0 saturated heterocycles. The van der Waals surface area contributed by atoms with Crippen molar-refractivity contribution in [2.45, 2.75) is 6.54 Å². The van der Waals surface area contributed by atoms with E-state index >= 15 is 0 Å². The van der Waals surface area contributed by atoms with Gasteiger partial charge in [-0.05, 0) is 48.0 Å². The molecule has 0 aliphatic rings. The predicted molar refractivity (Wildman–Crippen MR) is 103 cm³/mol. The first-order valence-corrected chi connectivity index (χ1v) is 8.38. The van der Waals surface area contributed by atoms with Crippen molar-refractivity contribution in [3.05, 3.63) is 83.4 Å². The number of hydrogen-bond donors (Lipinski definition) is 0. The molecule has 0 atom stereocenters. The first-order valence-electron chi connectivity index (χ1n) is 8.00. The van der Waals surface area contributed by atoms with Crippen molar-refractivity contribution in [3.8, 4) is 11.5 Å². The van der Waals surface area contributed by atoms with Crippen molar-refractivity contribution in [2.75, 3.05) is 19.1 Å². The molecule has 0 fully saturated rings. The number of methoxy groups -OCH3 is 2. The van der Waals surface area contributed by atoms with Crippen LogP contribution in [0.2, 0.25) is 5.02 Å². The van der Waals surface area contributed by atoms with Crippen molar-refractivity contribution in [1.29, 1.82) is 0 Å². The molecule has 0 radical (unpaired) electrons. The minimum absolute atomic E-state index is 0.685. The van der Waals surface area contributed by atoms with E-state index in [2.05, 4.69) is 17.0 Å². The molecule has 3 rings (SSSR count). The normalized spacial score (nSPS) is 10.4. The molecule has 0 heterocycles. The van der Waals surface area contributed by atoms with Crippen LogP contribution in [0.1, 0.15) is 5.56 Å². The molecule has 0 aliphatic heterocycles. The number of benzene rings is 3. The molecule has 3 nitrogen and oxygen atoms in total. The van der Waals surface area contributed by atoms with Crippen molar-refractivity contribution < 1.29 is 9.47 Å². The Morgan fingerprint density at radius 2 is 1.60 bits per heavy atom. The Bertz CT molecular complexity index is 833. The zero-order valence-corrected chi connectivity index (χ0v) is 15.0. The van der Waals surface area contributed by atoms with Gasteiger partial charge in [0.15, 0.2) is 0 Å². The molecule has 3 aromatic carbocycles. The van der Waals surface area contributed by atoms with Gasteiger partial charge in [-0.15, -0.1) is 0 Å². The average molecular weight is 354 g/mol. The summed E-state index contributed by atoms with van der Waals surface area (Å²) in [7, 11) is 3.35. The maximum absolute atomic E-state index is 6.22. The molecular weight excluding hydrogens is 334 g/mol. The molecule has 0 saturated carbocycles. The Hall–Kier alpha value is -2.65. The van der Waals surface area contributed by atoms with Crippen LogP contribution in [-0.2, 0) is 6.54 Å². The molecule has 128 valence electrons.